The monoisotopic (exact) mass is 221 g/mol. The average Bonchev–Trinajstić information content (AvgIpc) is 2.27. The number of ether oxygens (including phenoxy) is 1. The highest BCUT2D eigenvalue weighted by Gasteiger charge is 2.13. The van der Waals surface area contributed by atoms with E-state index in [1.807, 2.05) is 19.9 Å². The third-order valence-corrected chi connectivity index (χ3v) is 2.79. The van der Waals surface area contributed by atoms with Gasteiger partial charge in [0.05, 0.1) is 0 Å². The summed E-state index contributed by atoms with van der Waals surface area (Å²) in [6, 6.07) is 2.36. The van der Waals surface area contributed by atoms with E-state index in [4.69, 9.17) is 4.74 Å². The first-order valence-corrected chi connectivity index (χ1v) is 5.92. The maximum atomic E-state index is 5.69. The van der Waals surface area contributed by atoms with Crippen molar-refractivity contribution >= 4 is 0 Å². The predicted octanol–water partition coefficient (Wildman–Crippen LogP) is 1.61. The van der Waals surface area contributed by atoms with Gasteiger partial charge in [-0.3, -0.25) is 0 Å². The topological polar surface area (TPSA) is 47.0 Å². The van der Waals surface area contributed by atoms with E-state index in [0.717, 1.165) is 18.1 Å². The van der Waals surface area contributed by atoms with Crippen LogP contribution in [0.25, 0.3) is 0 Å². The van der Waals surface area contributed by atoms with Gasteiger partial charge in [0.25, 0.3) is 0 Å². The summed E-state index contributed by atoms with van der Waals surface area (Å²) < 4.78 is 5.69. The SMILES string of the molecule is Cc1cc(OCC2CCCCN2)nc(C)n1. The minimum absolute atomic E-state index is 0.476. The van der Waals surface area contributed by atoms with Crippen LogP contribution >= 0.6 is 0 Å². The molecule has 0 aromatic carbocycles. The lowest BCUT2D eigenvalue weighted by Crippen LogP contribution is -2.38. The molecule has 0 aliphatic carbocycles. The Morgan fingerprint density at radius 3 is 2.94 bits per heavy atom. The molecular weight excluding hydrogens is 202 g/mol. The van der Waals surface area contributed by atoms with Crippen molar-refractivity contribution in [3.63, 3.8) is 0 Å². The van der Waals surface area contributed by atoms with Crippen LogP contribution in [-0.4, -0.2) is 29.2 Å². The third-order valence-electron chi connectivity index (χ3n) is 2.79. The summed E-state index contributed by atoms with van der Waals surface area (Å²) in [7, 11) is 0. The summed E-state index contributed by atoms with van der Waals surface area (Å²) in [6.45, 7) is 5.66. The second-order valence-electron chi connectivity index (χ2n) is 4.35. The van der Waals surface area contributed by atoms with Gasteiger partial charge in [0, 0.05) is 17.8 Å². The zero-order chi connectivity index (χ0) is 11.4. The highest BCUT2D eigenvalue weighted by molar-refractivity contribution is 5.14. The molecule has 1 fully saturated rings. The number of nitrogens with one attached hydrogen (secondary N) is 1. The van der Waals surface area contributed by atoms with Crippen LogP contribution in [0.15, 0.2) is 6.07 Å². The molecule has 4 heteroatoms. The molecule has 2 heterocycles. The molecule has 16 heavy (non-hydrogen) atoms. The van der Waals surface area contributed by atoms with E-state index < -0.39 is 0 Å². The number of hydrogen-bond donors (Lipinski definition) is 1. The maximum absolute atomic E-state index is 5.69. The van der Waals surface area contributed by atoms with Gasteiger partial charge in [0.2, 0.25) is 5.88 Å². The van der Waals surface area contributed by atoms with E-state index in [1.54, 1.807) is 0 Å². The first-order chi connectivity index (χ1) is 7.74. The highest BCUT2D eigenvalue weighted by atomic mass is 16.5. The number of piperidine rings is 1. The van der Waals surface area contributed by atoms with Crippen molar-refractivity contribution in [3.05, 3.63) is 17.6 Å². The van der Waals surface area contributed by atoms with Crippen LogP contribution in [0.2, 0.25) is 0 Å². The molecule has 1 atom stereocenters. The van der Waals surface area contributed by atoms with Crippen molar-refractivity contribution in [1.82, 2.24) is 15.3 Å². The third kappa shape index (κ3) is 3.17. The van der Waals surface area contributed by atoms with Gasteiger partial charge >= 0.3 is 0 Å². The quantitative estimate of drug-likeness (QED) is 0.842. The molecule has 1 saturated heterocycles. The molecule has 1 N–H and O–H groups in total. The van der Waals surface area contributed by atoms with Gasteiger partial charge in [-0.2, -0.15) is 4.98 Å². The molecule has 0 radical (unpaired) electrons. The summed E-state index contributed by atoms with van der Waals surface area (Å²) in [6.07, 6.45) is 3.77. The first-order valence-electron chi connectivity index (χ1n) is 5.92. The van der Waals surface area contributed by atoms with E-state index >= 15 is 0 Å². The summed E-state index contributed by atoms with van der Waals surface area (Å²) in [5.41, 5.74) is 0.958. The highest BCUT2D eigenvalue weighted by Crippen LogP contribution is 2.11. The zero-order valence-corrected chi connectivity index (χ0v) is 9.99. The minimum atomic E-state index is 0.476. The number of aromatic nitrogens is 2. The predicted molar refractivity (Wildman–Crippen MR) is 62.6 cm³/mol. The van der Waals surface area contributed by atoms with Gasteiger partial charge in [-0.1, -0.05) is 6.42 Å². The lowest BCUT2D eigenvalue weighted by molar-refractivity contribution is 0.231. The Morgan fingerprint density at radius 1 is 1.38 bits per heavy atom. The standard InChI is InChI=1S/C12H19N3O/c1-9-7-12(15-10(2)14-9)16-8-11-5-3-4-6-13-11/h7,11,13H,3-6,8H2,1-2H3. The fourth-order valence-corrected chi connectivity index (χ4v) is 2.01. The van der Waals surface area contributed by atoms with Crippen molar-refractivity contribution in [1.29, 1.82) is 0 Å². The smallest absolute Gasteiger partial charge is 0.216 e. The number of rotatable bonds is 3. The average molecular weight is 221 g/mol. The molecule has 0 amide bonds. The largest absolute Gasteiger partial charge is 0.476 e. The fraction of sp³-hybridized carbons (Fsp3) is 0.667. The fourth-order valence-electron chi connectivity index (χ4n) is 2.01. The number of nitrogens with zero attached hydrogens (tertiary/aromatic N) is 2. The van der Waals surface area contributed by atoms with Crippen molar-refractivity contribution in [2.45, 2.75) is 39.2 Å². The number of aryl methyl sites for hydroxylation is 2. The van der Waals surface area contributed by atoms with E-state index in [1.165, 1.54) is 19.3 Å². The molecule has 4 nitrogen and oxygen atoms in total. The van der Waals surface area contributed by atoms with E-state index in [0.29, 0.717) is 18.5 Å². The summed E-state index contributed by atoms with van der Waals surface area (Å²) in [5, 5.41) is 3.45. The molecule has 1 unspecified atom stereocenters. The van der Waals surface area contributed by atoms with E-state index in [-0.39, 0.29) is 0 Å². The van der Waals surface area contributed by atoms with Crippen molar-refractivity contribution in [2.24, 2.45) is 0 Å². The molecular formula is C12H19N3O. The van der Waals surface area contributed by atoms with Crippen LogP contribution < -0.4 is 10.1 Å². The second-order valence-corrected chi connectivity index (χ2v) is 4.35. The molecule has 0 spiro atoms. The van der Waals surface area contributed by atoms with Crippen molar-refractivity contribution in [2.75, 3.05) is 13.2 Å². The van der Waals surface area contributed by atoms with Gasteiger partial charge in [0.15, 0.2) is 0 Å². The van der Waals surface area contributed by atoms with Crippen LogP contribution in [0.5, 0.6) is 5.88 Å². The molecule has 1 aliphatic heterocycles. The van der Waals surface area contributed by atoms with Crippen LogP contribution in [0.4, 0.5) is 0 Å². The van der Waals surface area contributed by atoms with Crippen LogP contribution in [0.1, 0.15) is 30.8 Å². The molecule has 88 valence electrons. The Labute approximate surface area is 96.4 Å². The Kier molecular flexibility index (Phi) is 3.72. The first kappa shape index (κ1) is 11.3. The molecule has 1 aromatic rings. The van der Waals surface area contributed by atoms with Gasteiger partial charge in [-0.05, 0) is 33.2 Å². The van der Waals surface area contributed by atoms with E-state index in [2.05, 4.69) is 15.3 Å². The minimum Gasteiger partial charge on any atom is -0.476 e. The van der Waals surface area contributed by atoms with Crippen molar-refractivity contribution in [3.8, 4) is 5.88 Å². The molecule has 1 aromatic heterocycles. The zero-order valence-electron chi connectivity index (χ0n) is 9.99. The molecule has 0 bridgehead atoms. The van der Waals surface area contributed by atoms with E-state index in [9.17, 15) is 0 Å². The second kappa shape index (κ2) is 5.25. The van der Waals surface area contributed by atoms with Crippen molar-refractivity contribution < 1.29 is 4.74 Å². The lowest BCUT2D eigenvalue weighted by Gasteiger charge is -2.23. The maximum Gasteiger partial charge on any atom is 0.216 e. The Hall–Kier alpha value is -1.16. The van der Waals surface area contributed by atoms with Crippen LogP contribution in [-0.2, 0) is 0 Å². The van der Waals surface area contributed by atoms with Gasteiger partial charge < -0.3 is 10.1 Å². The van der Waals surface area contributed by atoms with Crippen LogP contribution in [0.3, 0.4) is 0 Å². The molecule has 2 rings (SSSR count). The summed E-state index contributed by atoms with van der Waals surface area (Å²) >= 11 is 0. The molecule has 1 aliphatic rings. The van der Waals surface area contributed by atoms with Gasteiger partial charge in [0.1, 0.15) is 12.4 Å². The Bertz CT molecular complexity index is 328. The summed E-state index contributed by atoms with van der Waals surface area (Å²) in [4.78, 5) is 8.48. The number of hydrogen-bond acceptors (Lipinski definition) is 4. The normalized spacial score (nSPS) is 20.8. The molecule has 0 saturated carbocycles. The summed E-state index contributed by atoms with van der Waals surface area (Å²) in [5.74, 6) is 1.46. The van der Waals surface area contributed by atoms with Crippen LogP contribution in [0, 0.1) is 13.8 Å². The Morgan fingerprint density at radius 2 is 2.25 bits per heavy atom. The Balaban J connectivity index is 1.88. The lowest BCUT2D eigenvalue weighted by atomic mass is 10.1. The van der Waals surface area contributed by atoms with Gasteiger partial charge in [-0.25, -0.2) is 4.98 Å². The van der Waals surface area contributed by atoms with Gasteiger partial charge in [-0.15, -0.1) is 0 Å².